The molecule has 0 saturated carbocycles. The predicted molar refractivity (Wildman–Crippen MR) is 86.2 cm³/mol. The molecule has 1 aromatic carbocycles. The Bertz CT molecular complexity index is 496. The van der Waals surface area contributed by atoms with Gasteiger partial charge in [-0.25, -0.2) is 9.59 Å². The van der Waals surface area contributed by atoms with Gasteiger partial charge in [0.2, 0.25) is 0 Å². The van der Waals surface area contributed by atoms with Crippen LogP contribution in [0.1, 0.15) is 67.2 Å². The van der Waals surface area contributed by atoms with Gasteiger partial charge < -0.3 is 9.84 Å². The van der Waals surface area contributed by atoms with Gasteiger partial charge in [-0.3, -0.25) is 0 Å². The van der Waals surface area contributed by atoms with Gasteiger partial charge in [0.05, 0.1) is 17.7 Å². The minimum atomic E-state index is -1.12. The lowest BCUT2D eigenvalue weighted by molar-refractivity contribution is 0.0401. The van der Waals surface area contributed by atoms with E-state index in [2.05, 4.69) is 20.8 Å². The molecule has 0 fully saturated rings. The molecule has 0 bridgehead atoms. The van der Waals surface area contributed by atoms with E-state index in [-0.39, 0.29) is 17.0 Å². The molecule has 4 nitrogen and oxygen atoms in total. The number of carbonyl (C=O) groups is 2. The van der Waals surface area contributed by atoms with Crippen LogP contribution in [0, 0.1) is 11.8 Å². The summed E-state index contributed by atoms with van der Waals surface area (Å²) in [6.07, 6.45) is 4.74. The molecule has 2 atom stereocenters. The minimum absolute atomic E-state index is 0.0175. The number of ether oxygens (including phenoxy) is 1. The van der Waals surface area contributed by atoms with Crippen LogP contribution in [0.3, 0.4) is 0 Å². The van der Waals surface area contributed by atoms with Gasteiger partial charge in [0.1, 0.15) is 0 Å². The van der Waals surface area contributed by atoms with Gasteiger partial charge >= 0.3 is 11.9 Å². The highest BCUT2D eigenvalue weighted by Gasteiger charge is 2.19. The molecule has 0 aliphatic carbocycles. The fourth-order valence-corrected chi connectivity index (χ4v) is 2.30. The van der Waals surface area contributed by atoms with Crippen LogP contribution < -0.4 is 0 Å². The first-order valence-corrected chi connectivity index (χ1v) is 7.96. The van der Waals surface area contributed by atoms with Gasteiger partial charge in [0, 0.05) is 0 Å². The van der Waals surface area contributed by atoms with E-state index >= 15 is 0 Å². The molecule has 2 unspecified atom stereocenters. The Labute approximate surface area is 132 Å². The van der Waals surface area contributed by atoms with Crippen molar-refractivity contribution in [3.63, 3.8) is 0 Å². The Hall–Kier alpha value is -1.84. The molecule has 0 aliphatic heterocycles. The second kappa shape index (κ2) is 9.23. The highest BCUT2D eigenvalue weighted by molar-refractivity contribution is 6.02. The van der Waals surface area contributed by atoms with Gasteiger partial charge in [-0.2, -0.15) is 0 Å². The van der Waals surface area contributed by atoms with Crippen LogP contribution in [0.4, 0.5) is 0 Å². The number of rotatable bonds is 9. The number of unbranched alkanes of at least 4 members (excludes halogenated alkanes) is 2. The van der Waals surface area contributed by atoms with E-state index in [0.29, 0.717) is 12.5 Å². The van der Waals surface area contributed by atoms with E-state index in [4.69, 9.17) is 9.84 Å². The summed E-state index contributed by atoms with van der Waals surface area (Å²) in [5.41, 5.74) is 0.0944. The van der Waals surface area contributed by atoms with E-state index in [9.17, 15) is 9.59 Å². The van der Waals surface area contributed by atoms with Gasteiger partial charge in [-0.1, -0.05) is 58.6 Å². The lowest BCUT2D eigenvalue weighted by Crippen LogP contribution is -2.19. The van der Waals surface area contributed by atoms with E-state index in [1.54, 1.807) is 12.1 Å². The average Bonchev–Trinajstić information content (AvgIpc) is 2.52. The maximum absolute atomic E-state index is 12.1. The number of benzene rings is 1. The Morgan fingerprint density at radius 1 is 1.09 bits per heavy atom. The molecule has 1 rings (SSSR count). The van der Waals surface area contributed by atoms with Crippen LogP contribution >= 0.6 is 0 Å². The Morgan fingerprint density at radius 3 is 2.32 bits per heavy atom. The summed E-state index contributed by atoms with van der Waals surface area (Å²) < 4.78 is 5.31. The Balaban J connectivity index is 2.54. The van der Waals surface area contributed by atoms with Crippen LogP contribution in [0.25, 0.3) is 0 Å². The molecule has 0 saturated heterocycles. The molecule has 0 aliphatic rings. The molecule has 0 aromatic heterocycles. The lowest BCUT2D eigenvalue weighted by Gasteiger charge is -2.19. The third kappa shape index (κ3) is 5.51. The third-order valence-corrected chi connectivity index (χ3v) is 4.09. The molecule has 0 radical (unpaired) electrons. The molecule has 1 aromatic rings. The van der Waals surface area contributed by atoms with Crippen molar-refractivity contribution in [3.05, 3.63) is 35.4 Å². The second-order valence-electron chi connectivity index (χ2n) is 5.90. The monoisotopic (exact) mass is 306 g/mol. The zero-order chi connectivity index (χ0) is 16.5. The summed E-state index contributed by atoms with van der Waals surface area (Å²) in [5, 5.41) is 9.09. The maximum Gasteiger partial charge on any atom is 0.339 e. The quantitative estimate of drug-likeness (QED) is 0.542. The number of esters is 1. The molecule has 0 amide bonds. The largest absolute Gasteiger partial charge is 0.478 e. The molecule has 4 heteroatoms. The lowest BCUT2D eigenvalue weighted by atomic mass is 9.91. The van der Waals surface area contributed by atoms with Crippen LogP contribution in [0.2, 0.25) is 0 Å². The zero-order valence-corrected chi connectivity index (χ0v) is 13.7. The van der Waals surface area contributed by atoms with Crippen molar-refractivity contribution in [1.29, 1.82) is 0 Å². The van der Waals surface area contributed by atoms with E-state index in [0.717, 1.165) is 6.42 Å². The summed E-state index contributed by atoms with van der Waals surface area (Å²) in [4.78, 5) is 23.2. The molecule has 122 valence electrons. The van der Waals surface area contributed by atoms with Gasteiger partial charge in [-0.05, 0) is 24.0 Å². The molecule has 0 spiro atoms. The third-order valence-electron chi connectivity index (χ3n) is 4.09. The van der Waals surface area contributed by atoms with E-state index < -0.39 is 11.9 Å². The fourth-order valence-electron chi connectivity index (χ4n) is 2.30. The normalized spacial score (nSPS) is 13.4. The topological polar surface area (TPSA) is 63.6 Å². The van der Waals surface area contributed by atoms with Crippen molar-refractivity contribution in [2.45, 2.75) is 46.5 Å². The van der Waals surface area contributed by atoms with Crippen LogP contribution in [-0.4, -0.2) is 23.7 Å². The number of carboxylic acids is 1. The van der Waals surface area contributed by atoms with Crippen molar-refractivity contribution in [3.8, 4) is 0 Å². The number of aromatic carboxylic acids is 1. The van der Waals surface area contributed by atoms with Crippen molar-refractivity contribution >= 4 is 11.9 Å². The van der Waals surface area contributed by atoms with Crippen molar-refractivity contribution < 1.29 is 19.4 Å². The van der Waals surface area contributed by atoms with Crippen LogP contribution in [-0.2, 0) is 4.74 Å². The smallest absolute Gasteiger partial charge is 0.339 e. The van der Waals surface area contributed by atoms with E-state index in [1.807, 2.05) is 0 Å². The van der Waals surface area contributed by atoms with Crippen molar-refractivity contribution in [2.75, 3.05) is 6.61 Å². The average molecular weight is 306 g/mol. The van der Waals surface area contributed by atoms with Crippen molar-refractivity contribution in [1.82, 2.24) is 0 Å². The summed E-state index contributed by atoms with van der Waals surface area (Å²) in [6.45, 7) is 6.72. The highest BCUT2D eigenvalue weighted by Crippen LogP contribution is 2.19. The van der Waals surface area contributed by atoms with E-state index in [1.165, 1.54) is 31.4 Å². The molecule has 1 N–H and O–H groups in total. The first-order valence-electron chi connectivity index (χ1n) is 7.96. The molecular weight excluding hydrogens is 280 g/mol. The van der Waals surface area contributed by atoms with Crippen LogP contribution in [0.5, 0.6) is 0 Å². The molecule has 22 heavy (non-hydrogen) atoms. The zero-order valence-electron chi connectivity index (χ0n) is 13.7. The first-order chi connectivity index (χ1) is 10.5. The number of hydrogen-bond acceptors (Lipinski definition) is 3. The van der Waals surface area contributed by atoms with Gasteiger partial charge in [0.15, 0.2) is 0 Å². The van der Waals surface area contributed by atoms with Crippen molar-refractivity contribution in [2.24, 2.45) is 11.8 Å². The summed E-state index contributed by atoms with van der Waals surface area (Å²) in [7, 11) is 0. The fraction of sp³-hybridized carbons (Fsp3) is 0.556. The second-order valence-corrected chi connectivity index (χ2v) is 5.90. The summed E-state index contributed by atoms with van der Waals surface area (Å²) >= 11 is 0. The number of carbonyl (C=O) groups excluding carboxylic acids is 1. The highest BCUT2D eigenvalue weighted by atomic mass is 16.5. The summed E-state index contributed by atoms with van der Waals surface area (Å²) in [6, 6.07) is 6.13. The molecule has 0 heterocycles. The molecular formula is C18H26O4. The SMILES string of the molecule is CCCCCC(C)C(C)COC(=O)c1ccccc1C(=O)O. The van der Waals surface area contributed by atoms with Crippen LogP contribution in [0.15, 0.2) is 24.3 Å². The van der Waals surface area contributed by atoms with Gasteiger partial charge in [-0.15, -0.1) is 0 Å². The first kappa shape index (κ1) is 18.2. The number of carboxylic acid groups (broad SMARTS) is 1. The Morgan fingerprint density at radius 2 is 1.73 bits per heavy atom. The number of hydrogen-bond donors (Lipinski definition) is 1. The standard InChI is InChI=1S/C18H26O4/c1-4-5-6-9-13(2)14(3)12-22-18(21)16-11-8-7-10-15(16)17(19)20/h7-8,10-11,13-14H,4-6,9,12H2,1-3H3,(H,19,20). The minimum Gasteiger partial charge on any atom is -0.478 e. The van der Waals surface area contributed by atoms with Gasteiger partial charge in [0.25, 0.3) is 0 Å². The maximum atomic E-state index is 12.1. The predicted octanol–water partition coefficient (Wildman–Crippen LogP) is 4.39. The summed E-state index contributed by atoms with van der Waals surface area (Å²) in [5.74, 6) is -0.939. The Kier molecular flexibility index (Phi) is 7.64.